The lowest BCUT2D eigenvalue weighted by molar-refractivity contribution is 1.10. The van der Waals surface area contributed by atoms with Gasteiger partial charge in [-0.3, -0.25) is 0 Å². The van der Waals surface area contributed by atoms with Crippen LogP contribution >= 0.6 is 0 Å². The van der Waals surface area contributed by atoms with Gasteiger partial charge in [-0.2, -0.15) is 0 Å². The molecule has 2 aromatic carbocycles. The van der Waals surface area contributed by atoms with Gasteiger partial charge < -0.3 is 0 Å². The SMILES string of the molecule is CCc1cc(CC)c2cc(CC)c[c]c2c1. The van der Waals surface area contributed by atoms with Crippen LogP contribution in [0.25, 0.3) is 10.8 Å². The van der Waals surface area contributed by atoms with Crippen molar-refractivity contribution in [3.63, 3.8) is 0 Å². The van der Waals surface area contributed by atoms with E-state index in [-0.39, 0.29) is 0 Å². The van der Waals surface area contributed by atoms with Crippen LogP contribution in [0.5, 0.6) is 0 Å². The van der Waals surface area contributed by atoms with Gasteiger partial charge >= 0.3 is 0 Å². The number of benzene rings is 2. The third kappa shape index (κ3) is 1.97. The number of fused-ring (bicyclic) bond motifs is 1. The zero-order valence-corrected chi connectivity index (χ0v) is 10.4. The first kappa shape index (κ1) is 11.2. The Balaban J connectivity index is 2.69. The van der Waals surface area contributed by atoms with Crippen LogP contribution in [-0.2, 0) is 19.3 Å². The minimum Gasteiger partial charge on any atom is -0.0613 e. The van der Waals surface area contributed by atoms with Crippen LogP contribution < -0.4 is 0 Å². The Morgan fingerprint density at radius 2 is 1.62 bits per heavy atom. The normalized spacial score (nSPS) is 10.9. The van der Waals surface area contributed by atoms with Gasteiger partial charge in [0.15, 0.2) is 0 Å². The molecule has 0 fully saturated rings. The number of hydrogen-bond acceptors (Lipinski definition) is 0. The minimum absolute atomic E-state index is 1.09. The maximum Gasteiger partial charge on any atom is -0.00961 e. The molecule has 1 radical (unpaired) electrons. The monoisotopic (exact) mass is 211 g/mol. The molecule has 0 atom stereocenters. The molecule has 0 bridgehead atoms. The van der Waals surface area contributed by atoms with Gasteiger partial charge in [0.2, 0.25) is 0 Å². The molecule has 0 aliphatic rings. The molecule has 0 spiro atoms. The highest BCUT2D eigenvalue weighted by Crippen LogP contribution is 2.23. The average molecular weight is 211 g/mol. The Morgan fingerprint density at radius 3 is 2.25 bits per heavy atom. The number of aryl methyl sites for hydroxylation is 3. The molecular weight excluding hydrogens is 192 g/mol. The summed E-state index contributed by atoms with van der Waals surface area (Å²) in [7, 11) is 0. The van der Waals surface area contributed by atoms with E-state index in [9.17, 15) is 0 Å². The Kier molecular flexibility index (Phi) is 3.28. The summed E-state index contributed by atoms with van der Waals surface area (Å²) in [5.74, 6) is 0. The lowest BCUT2D eigenvalue weighted by Crippen LogP contribution is -1.90. The second-order valence-corrected chi connectivity index (χ2v) is 4.28. The van der Waals surface area contributed by atoms with E-state index in [1.54, 1.807) is 0 Å². The van der Waals surface area contributed by atoms with Crippen LogP contribution in [-0.4, -0.2) is 0 Å². The van der Waals surface area contributed by atoms with Crippen LogP contribution in [0.4, 0.5) is 0 Å². The van der Waals surface area contributed by atoms with Gasteiger partial charge in [0, 0.05) is 0 Å². The van der Waals surface area contributed by atoms with E-state index >= 15 is 0 Å². The number of rotatable bonds is 3. The van der Waals surface area contributed by atoms with E-state index in [0.29, 0.717) is 0 Å². The lowest BCUT2D eigenvalue weighted by atomic mass is 9.96. The quantitative estimate of drug-likeness (QED) is 0.709. The first-order valence-electron chi connectivity index (χ1n) is 6.24. The summed E-state index contributed by atoms with van der Waals surface area (Å²) in [5.41, 5.74) is 4.26. The zero-order valence-electron chi connectivity index (χ0n) is 10.4. The van der Waals surface area contributed by atoms with Gasteiger partial charge in [0.1, 0.15) is 0 Å². The van der Waals surface area contributed by atoms with Crippen molar-refractivity contribution in [3.05, 3.63) is 47.0 Å². The molecule has 0 N–H and O–H groups in total. The van der Waals surface area contributed by atoms with Gasteiger partial charge in [-0.1, -0.05) is 45.0 Å². The van der Waals surface area contributed by atoms with Crippen LogP contribution in [0.3, 0.4) is 0 Å². The summed E-state index contributed by atoms with van der Waals surface area (Å²) in [4.78, 5) is 0. The van der Waals surface area contributed by atoms with E-state index in [2.05, 4.69) is 51.1 Å². The average Bonchev–Trinajstić information content (AvgIpc) is 2.36. The molecule has 0 aromatic heterocycles. The summed E-state index contributed by atoms with van der Waals surface area (Å²) in [6.45, 7) is 6.63. The maximum atomic E-state index is 3.42. The molecule has 0 saturated heterocycles. The molecule has 2 aromatic rings. The first-order valence-corrected chi connectivity index (χ1v) is 6.24. The number of hydrogen-bond donors (Lipinski definition) is 0. The third-order valence-corrected chi connectivity index (χ3v) is 3.27. The molecule has 2 rings (SSSR count). The summed E-state index contributed by atoms with van der Waals surface area (Å²) in [6, 6.07) is 12.5. The van der Waals surface area contributed by atoms with Crippen LogP contribution in [0.2, 0.25) is 0 Å². The highest BCUT2D eigenvalue weighted by atomic mass is 14.1. The van der Waals surface area contributed by atoms with E-state index < -0.39 is 0 Å². The molecule has 0 aliphatic carbocycles. The van der Waals surface area contributed by atoms with Crippen molar-refractivity contribution in [3.8, 4) is 0 Å². The fourth-order valence-corrected chi connectivity index (χ4v) is 2.17. The van der Waals surface area contributed by atoms with Crippen molar-refractivity contribution in [2.24, 2.45) is 0 Å². The summed E-state index contributed by atoms with van der Waals surface area (Å²) in [5, 5.41) is 2.66. The topological polar surface area (TPSA) is 0 Å². The third-order valence-electron chi connectivity index (χ3n) is 3.27. The summed E-state index contributed by atoms with van der Waals surface area (Å²) < 4.78 is 0. The van der Waals surface area contributed by atoms with Crippen molar-refractivity contribution in [1.82, 2.24) is 0 Å². The molecule has 0 amide bonds. The van der Waals surface area contributed by atoms with Crippen molar-refractivity contribution in [1.29, 1.82) is 0 Å². The van der Waals surface area contributed by atoms with E-state index in [0.717, 1.165) is 19.3 Å². The minimum atomic E-state index is 1.09. The van der Waals surface area contributed by atoms with Gasteiger partial charge in [0.25, 0.3) is 0 Å². The predicted octanol–water partition coefficient (Wildman–Crippen LogP) is 4.33. The molecule has 16 heavy (non-hydrogen) atoms. The molecule has 83 valence electrons. The van der Waals surface area contributed by atoms with Gasteiger partial charge in [-0.05, 0) is 52.8 Å². The molecule has 0 unspecified atom stereocenters. The molecule has 0 aliphatic heterocycles. The fraction of sp³-hybridized carbons (Fsp3) is 0.375. The van der Waals surface area contributed by atoms with Crippen molar-refractivity contribution < 1.29 is 0 Å². The first-order chi connectivity index (χ1) is 7.78. The second kappa shape index (κ2) is 4.69. The zero-order chi connectivity index (χ0) is 11.5. The molecule has 0 nitrogen and oxygen atoms in total. The molecule has 0 saturated carbocycles. The van der Waals surface area contributed by atoms with E-state index in [4.69, 9.17) is 0 Å². The van der Waals surface area contributed by atoms with Gasteiger partial charge in [-0.15, -0.1) is 0 Å². The summed E-state index contributed by atoms with van der Waals surface area (Å²) >= 11 is 0. The highest BCUT2D eigenvalue weighted by molar-refractivity contribution is 5.86. The molecular formula is C16H19. The van der Waals surface area contributed by atoms with Crippen molar-refractivity contribution in [2.45, 2.75) is 40.0 Å². The standard InChI is InChI=1S/C16H19/c1-4-12-7-8-15-10-13(5-2)9-14(6-3)16(15)11-12/h7,9-11H,4-6H2,1-3H3. The Morgan fingerprint density at radius 1 is 0.875 bits per heavy atom. The fourth-order valence-electron chi connectivity index (χ4n) is 2.17. The summed E-state index contributed by atoms with van der Waals surface area (Å²) in [6.07, 6.45) is 3.29. The van der Waals surface area contributed by atoms with E-state index in [1.807, 2.05) is 0 Å². The van der Waals surface area contributed by atoms with E-state index in [1.165, 1.54) is 27.5 Å². The molecule has 0 heterocycles. The van der Waals surface area contributed by atoms with Crippen LogP contribution in [0.15, 0.2) is 24.3 Å². The Labute approximate surface area is 98.3 Å². The predicted molar refractivity (Wildman–Crippen MR) is 70.9 cm³/mol. The van der Waals surface area contributed by atoms with Crippen molar-refractivity contribution >= 4 is 10.8 Å². The lowest BCUT2D eigenvalue weighted by Gasteiger charge is -2.09. The van der Waals surface area contributed by atoms with Gasteiger partial charge in [-0.25, -0.2) is 0 Å². The Bertz CT molecular complexity index is 495. The Hall–Kier alpha value is -1.30. The largest absolute Gasteiger partial charge is 0.0613 e. The van der Waals surface area contributed by atoms with Crippen LogP contribution in [0, 0.1) is 6.07 Å². The smallest absolute Gasteiger partial charge is 0.00961 e. The highest BCUT2D eigenvalue weighted by Gasteiger charge is 2.03. The van der Waals surface area contributed by atoms with Gasteiger partial charge in [0.05, 0.1) is 0 Å². The molecule has 0 heteroatoms. The second-order valence-electron chi connectivity index (χ2n) is 4.28. The van der Waals surface area contributed by atoms with Crippen LogP contribution in [0.1, 0.15) is 37.5 Å². The van der Waals surface area contributed by atoms with Crippen molar-refractivity contribution in [2.75, 3.05) is 0 Å². The maximum absolute atomic E-state index is 3.42.